The second-order valence-electron chi connectivity index (χ2n) is 6.38. The highest BCUT2D eigenvalue weighted by Gasteiger charge is 2.30. The number of aryl methyl sites for hydroxylation is 2. The summed E-state index contributed by atoms with van der Waals surface area (Å²) in [6.45, 7) is 6.91. The summed E-state index contributed by atoms with van der Waals surface area (Å²) in [4.78, 5) is 26.0. The second kappa shape index (κ2) is 6.14. The van der Waals surface area contributed by atoms with Gasteiger partial charge in [0.1, 0.15) is 17.2 Å². The van der Waals surface area contributed by atoms with E-state index in [1.807, 2.05) is 25.7 Å². The maximum atomic E-state index is 12.9. The van der Waals surface area contributed by atoms with Crippen molar-refractivity contribution in [2.24, 2.45) is 5.73 Å². The third kappa shape index (κ3) is 2.81. The van der Waals surface area contributed by atoms with Gasteiger partial charge in [0.2, 0.25) is 0 Å². The topological polar surface area (TPSA) is 105 Å². The van der Waals surface area contributed by atoms with Gasteiger partial charge in [0.15, 0.2) is 0 Å². The highest BCUT2D eigenvalue weighted by Crippen LogP contribution is 2.29. The van der Waals surface area contributed by atoms with Gasteiger partial charge in [0.05, 0.1) is 5.56 Å². The Kier molecular flexibility index (Phi) is 4.17. The Morgan fingerprint density at radius 2 is 2.08 bits per heavy atom. The summed E-state index contributed by atoms with van der Waals surface area (Å²) in [7, 11) is 0. The maximum Gasteiger partial charge on any atom is 0.269 e. The first kappa shape index (κ1) is 16.3. The number of primary amides is 1. The van der Waals surface area contributed by atoms with Crippen LogP contribution in [0.5, 0.6) is 0 Å². The molecule has 0 bridgehead atoms. The predicted octanol–water partition coefficient (Wildman–Crippen LogP) is 2.05. The van der Waals surface area contributed by atoms with Crippen LogP contribution < -0.4 is 5.73 Å². The Labute approximate surface area is 140 Å². The molecule has 2 amide bonds. The Bertz CT molecular complexity index is 790. The van der Waals surface area contributed by atoms with Gasteiger partial charge in [-0.15, -0.1) is 0 Å². The number of carbonyl (C=O) groups is 2. The number of nitrogens with one attached hydrogen (secondary N) is 1. The number of hydrogen-bond donors (Lipinski definition) is 2. The van der Waals surface area contributed by atoms with Gasteiger partial charge in [-0.2, -0.15) is 5.10 Å². The van der Waals surface area contributed by atoms with E-state index >= 15 is 0 Å². The number of hydrogen-bond acceptors (Lipinski definition) is 4. The molecule has 1 fully saturated rings. The van der Waals surface area contributed by atoms with Crippen molar-refractivity contribution in [3.05, 3.63) is 40.1 Å². The quantitative estimate of drug-likeness (QED) is 0.898. The van der Waals surface area contributed by atoms with Crippen molar-refractivity contribution in [2.75, 3.05) is 13.1 Å². The van der Waals surface area contributed by atoms with Crippen LogP contribution in [-0.2, 0) is 0 Å². The van der Waals surface area contributed by atoms with Crippen LogP contribution in [0.15, 0.2) is 10.5 Å². The fraction of sp³-hybridized carbons (Fsp3) is 0.471. The van der Waals surface area contributed by atoms with Crippen molar-refractivity contribution in [3.8, 4) is 0 Å². The molecule has 0 aliphatic carbocycles. The summed E-state index contributed by atoms with van der Waals surface area (Å²) in [6, 6.07) is 1.68. The van der Waals surface area contributed by atoms with Crippen LogP contribution >= 0.6 is 0 Å². The van der Waals surface area contributed by atoms with Crippen molar-refractivity contribution in [1.29, 1.82) is 0 Å². The molecule has 0 saturated carbocycles. The largest absolute Gasteiger partial charge is 0.466 e. The molecule has 3 rings (SSSR count). The highest BCUT2D eigenvalue weighted by atomic mass is 16.3. The molecule has 0 spiro atoms. The molecule has 7 nitrogen and oxygen atoms in total. The molecule has 2 aromatic rings. The number of aromatic amines is 1. The number of furan rings is 1. The van der Waals surface area contributed by atoms with E-state index in [-0.39, 0.29) is 17.5 Å². The number of likely N-dealkylation sites (tertiary alicyclic amines) is 1. The standard InChI is InChI=1S/C17H22N4O3/c1-9-10(2)24-11(3)15(9)17(23)21-6-4-5-12(8-21)13-7-14(16(18)22)20-19-13/h7,12H,4-6,8H2,1-3H3,(H2,18,22)(H,19,20)/t12-/m0/s1. The van der Waals surface area contributed by atoms with Gasteiger partial charge in [-0.05, 0) is 39.7 Å². The number of piperidine rings is 1. The zero-order valence-corrected chi connectivity index (χ0v) is 14.2. The minimum Gasteiger partial charge on any atom is -0.466 e. The first-order valence-corrected chi connectivity index (χ1v) is 8.09. The molecular weight excluding hydrogens is 308 g/mol. The Morgan fingerprint density at radius 3 is 2.67 bits per heavy atom. The van der Waals surface area contributed by atoms with E-state index in [0.717, 1.165) is 36.4 Å². The number of nitrogens with two attached hydrogens (primary N) is 1. The SMILES string of the molecule is Cc1oc(C)c(C(=O)N2CCC[C@H](c3cc(C(N)=O)n[nH]3)C2)c1C. The molecule has 1 aliphatic heterocycles. The monoisotopic (exact) mass is 330 g/mol. The molecule has 0 aromatic carbocycles. The lowest BCUT2D eigenvalue weighted by molar-refractivity contribution is 0.0703. The minimum atomic E-state index is -0.554. The first-order chi connectivity index (χ1) is 11.4. The molecule has 7 heteroatoms. The zero-order chi connectivity index (χ0) is 17.4. The fourth-order valence-electron chi connectivity index (χ4n) is 3.35. The number of nitrogens with zero attached hydrogens (tertiary/aromatic N) is 2. The van der Waals surface area contributed by atoms with Crippen molar-refractivity contribution in [3.63, 3.8) is 0 Å². The van der Waals surface area contributed by atoms with Crippen LogP contribution in [0, 0.1) is 20.8 Å². The van der Waals surface area contributed by atoms with Gasteiger partial charge in [-0.1, -0.05) is 0 Å². The average Bonchev–Trinajstić information content (AvgIpc) is 3.13. The molecule has 0 radical (unpaired) electrons. The zero-order valence-electron chi connectivity index (χ0n) is 14.2. The fourth-order valence-corrected chi connectivity index (χ4v) is 3.35. The predicted molar refractivity (Wildman–Crippen MR) is 87.9 cm³/mol. The summed E-state index contributed by atoms with van der Waals surface area (Å²) in [5.74, 6) is 1.01. The summed E-state index contributed by atoms with van der Waals surface area (Å²) >= 11 is 0. The lowest BCUT2D eigenvalue weighted by Crippen LogP contribution is -2.39. The number of carbonyl (C=O) groups excluding carboxylic acids is 2. The smallest absolute Gasteiger partial charge is 0.269 e. The lowest BCUT2D eigenvalue weighted by Gasteiger charge is -2.32. The Hall–Kier alpha value is -2.57. The molecule has 3 heterocycles. The molecule has 1 atom stereocenters. The van der Waals surface area contributed by atoms with Gasteiger partial charge in [0, 0.05) is 30.3 Å². The molecular formula is C17H22N4O3. The van der Waals surface area contributed by atoms with Crippen LogP contribution in [0.2, 0.25) is 0 Å². The van der Waals surface area contributed by atoms with E-state index in [9.17, 15) is 9.59 Å². The molecule has 1 aliphatic rings. The molecule has 128 valence electrons. The normalized spacial score (nSPS) is 18.0. The summed E-state index contributed by atoms with van der Waals surface area (Å²) in [6.07, 6.45) is 1.84. The van der Waals surface area contributed by atoms with E-state index < -0.39 is 5.91 Å². The van der Waals surface area contributed by atoms with E-state index in [0.29, 0.717) is 17.9 Å². The van der Waals surface area contributed by atoms with Gasteiger partial charge in [0.25, 0.3) is 11.8 Å². The average molecular weight is 330 g/mol. The van der Waals surface area contributed by atoms with Crippen LogP contribution in [-0.4, -0.2) is 40.0 Å². The van der Waals surface area contributed by atoms with Crippen molar-refractivity contribution >= 4 is 11.8 Å². The Morgan fingerprint density at radius 1 is 1.33 bits per heavy atom. The second-order valence-corrected chi connectivity index (χ2v) is 6.38. The maximum absolute atomic E-state index is 12.9. The van der Waals surface area contributed by atoms with Crippen LogP contribution in [0.3, 0.4) is 0 Å². The molecule has 3 N–H and O–H groups in total. The van der Waals surface area contributed by atoms with Crippen molar-refractivity contribution in [2.45, 2.75) is 39.5 Å². The van der Waals surface area contributed by atoms with Crippen LogP contribution in [0.25, 0.3) is 0 Å². The van der Waals surface area contributed by atoms with E-state index in [1.54, 1.807) is 6.07 Å². The van der Waals surface area contributed by atoms with Crippen LogP contribution in [0.1, 0.15) is 62.4 Å². The summed E-state index contributed by atoms with van der Waals surface area (Å²) in [5, 5.41) is 6.81. The minimum absolute atomic E-state index is 0.00110. The highest BCUT2D eigenvalue weighted by molar-refractivity contribution is 5.97. The third-order valence-corrected chi connectivity index (χ3v) is 4.77. The third-order valence-electron chi connectivity index (χ3n) is 4.77. The van der Waals surface area contributed by atoms with Crippen molar-refractivity contribution in [1.82, 2.24) is 15.1 Å². The molecule has 2 aromatic heterocycles. The van der Waals surface area contributed by atoms with E-state index in [2.05, 4.69) is 10.2 Å². The van der Waals surface area contributed by atoms with Gasteiger partial charge in [-0.25, -0.2) is 0 Å². The number of H-pyrrole nitrogens is 1. The van der Waals surface area contributed by atoms with Gasteiger partial charge in [-0.3, -0.25) is 14.7 Å². The summed E-state index contributed by atoms with van der Waals surface area (Å²) in [5.41, 5.74) is 7.88. The molecule has 1 saturated heterocycles. The number of amides is 2. The first-order valence-electron chi connectivity index (χ1n) is 8.09. The summed E-state index contributed by atoms with van der Waals surface area (Å²) < 4.78 is 5.58. The lowest BCUT2D eigenvalue weighted by atomic mass is 9.94. The number of aromatic nitrogens is 2. The van der Waals surface area contributed by atoms with E-state index in [1.165, 1.54) is 0 Å². The Balaban J connectivity index is 1.80. The molecule has 0 unspecified atom stereocenters. The number of rotatable bonds is 3. The van der Waals surface area contributed by atoms with Crippen molar-refractivity contribution < 1.29 is 14.0 Å². The van der Waals surface area contributed by atoms with Gasteiger partial charge >= 0.3 is 0 Å². The molecule has 24 heavy (non-hydrogen) atoms. The van der Waals surface area contributed by atoms with Crippen LogP contribution in [0.4, 0.5) is 0 Å². The van der Waals surface area contributed by atoms with E-state index in [4.69, 9.17) is 10.2 Å². The van der Waals surface area contributed by atoms with Gasteiger partial charge < -0.3 is 15.1 Å².